The summed E-state index contributed by atoms with van der Waals surface area (Å²) >= 11 is 0. The van der Waals surface area contributed by atoms with Crippen LogP contribution in [-0.4, -0.2) is 31.3 Å². The number of esters is 1. The van der Waals surface area contributed by atoms with Crippen molar-refractivity contribution >= 4 is 16.0 Å². The SMILES string of the molecule is C=C(COC(C)=O)S(C)(C)C. The Kier molecular flexibility index (Phi) is 3.66. The summed E-state index contributed by atoms with van der Waals surface area (Å²) in [6.45, 7) is 5.63. The van der Waals surface area contributed by atoms with E-state index in [0.29, 0.717) is 6.61 Å². The minimum absolute atomic E-state index is 0.241. The van der Waals surface area contributed by atoms with Gasteiger partial charge in [0.2, 0.25) is 0 Å². The maximum atomic E-state index is 10.4. The molecule has 0 rings (SSSR count). The van der Waals surface area contributed by atoms with Crippen LogP contribution in [0.15, 0.2) is 11.5 Å². The van der Waals surface area contributed by atoms with Crippen LogP contribution in [-0.2, 0) is 9.53 Å². The van der Waals surface area contributed by atoms with Crippen LogP contribution in [0, 0.1) is 0 Å². The van der Waals surface area contributed by atoms with E-state index in [-0.39, 0.29) is 5.97 Å². The van der Waals surface area contributed by atoms with Crippen LogP contribution < -0.4 is 0 Å². The molecule has 3 heteroatoms. The quantitative estimate of drug-likeness (QED) is 0.612. The van der Waals surface area contributed by atoms with Gasteiger partial charge in [-0.25, -0.2) is 10.0 Å². The van der Waals surface area contributed by atoms with Crippen molar-refractivity contribution in [2.24, 2.45) is 0 Å². The van der Waals surface area contributed by atoms with Gasteiger partial charge in [-0.2, -0.15) is 0 Å². The van der Waals surface area contributed by atoms with Crippen LogP contribution in [0.1, 0.15) is 6.92 Å². The number of carbonyl (C=O) groups excluding carboxylic acids is 1. The van der Waals surface area contributed by atoms with Crippen molar-refractivity contribution in [3.05, 3.63) is 11.5 Å². The van der Waals surface area contributed by atoms with Crippen LogP contribution in [0.25, 0.3) is 0 Å². The second-order valence-corrected chi connectivity index (χ2v) is 7.41. The zero-order valence-corrected chi connectivity index (χ0v) is 8.46. The summed E-state index contributed by atoms with van der Waals surface area (Å²) in [5.74, 6) is -0.241. The van der Waals surface area contributed by atoms with Gasteiger partial charge in [0.05, 0.1) is 0 Å². The van der Waals surface area contributed by atoms with Gasteiger partial charge in [0.1, 0.15) is 6.61 Å². The minimum Gasteiger partial charge on any atom is -0.461 e. The average molecular weight is 176 g/mol. The third-order valence-corrected chi connectivity index (χ3v) is 3.15. The summed E-state index contributed by atoms with van der Waals surface area (Å²) in [4.78, 5) is 11.4. The van der Waals surface area contributed by atoms with Crippen LogP contribution in [0.5, 0.6) is 0 Å². The lowest BCUT2D eigenvalue weighted by molar-refractivity contribution is -0.139. The molecule has 0 aromatic carbocycles. The van der Waals surface area contributed by atoms with E-state index in [0.717, 1.165) is 4.91 Å². The molecule has 0 atom stereocenters. The third kappa shape index (κ3) is 4.90. The molecule has 0 saturated heterocycles. The normalized spacial score (nSPS) is 12.4. The molecule has 0 heterocycles. The monoisotopic (exact) mass is 176 g/mol. The molecule has 0 radical (unpaired) electrons. The number of hydrogen-bond acceptors (Lipinski definition) is 2. The molecule has 2 nitrogen and oxygen atoms in total. The lowest BCUT2D eigenvalue weighted by atomic mass is 10.7. The number of hydrogen-bond donors (Lipinski definition) is 0. The van der Waals surface area contributed by atoms with Crippen LogP contribution in [0.2, 0.25) is 0 Å². The van der Waals surface area contributed by atoms with Gasteiger partial charge >= 0.3 is 5.97 Å². The fourth-order valence-electron chi connectivity index (χ4n) is 0.359. The Morgan fingerprint density at radius 1 is 1.45 bits per heavy atom. The molecule has 0 aliphatic rings. The zero-order chi connectivity index (χ0) is 9.07. The first-order valence-corrected chi connectivity index (χ1v) is 6.19. The molecule has 0 amide bonds. The highest BCUT2D eigenvalue weighted by molar-refractivity contribution is 8.35. The highest BCUT2D eigenvalue weighted by atomic mass is 32.3. The van der Waals surface area contributed by atoms with Gasteiger partial charge in [-0.1, -0.05) is 6.58 Å². The third-order valence-electron chi connectivity index (χ3n) is 1.30. The molecule has 0 aromatic heterocycles. The summed E-state index contributed by atoms with van der Waals surface area (Å²) in [5.41, 5.74) is 0. The lowest BCUT2D eigenvalue weighted by Crippen LogP contribution is -2.06. The second-order valence-electron chi connectivity index (χ2n) is 3.16. The highest BCUT2D eigenvalue weighted by Crippen LogP contribution is 2.43. The van der Waals surface area contributed by atoms with Gasteiger partial charge in [-0.05, 0) is 23.7 Å². The van der Waals surface area contributed by atoms with E-state index < -0.39 is 10.0 Å². The van der Waals surface area contributed by atoms with Crippen LogP contribution in [0.4, 0.5) is 0 Å². The second kappa shape index (κ2) is 3.81. The minimum atomic E-state index is -0.770. The van der Waals surface area contributed by atoms with E-state index in [4.69, 9.17) is 4.74 Å². The summed E-state index contributed by atoms with van der Waals surface area (Å²) < 4.78 is 4.81. The Labute approximate surface area is 69.9 Å². The first-order chi connectivity index (χ1) is 4.84. The van der Waals surface area contributed by atoms with Crippen molar-refractivity contribution in [3.63, 3.8) is 0 Å². The van der Waals surface area contributed by atoms with Crippen LogP contribution >= 0.6 is 10.0 Å². The van der Waals surface area contributed by atoms with E-state index in [1.165, 1.54) is 6.92 Å². The van der Waals surface area contributed by atoms with Crippen molar-refractivity contribution in [1.82, 2.24) is 0 Å². The lowest BCUT2D eigenvalue weighted by Gasteiger charge is -2.27. The largest absolute Gasteiger partial charge is 0.461 e. The summed E-state index contributed by atoms with van der Waals surface area (Å²) in [6, 6.07) is 0. The van der Waals surface area contributed by atoms with Crippen molar-refractivity contribution in [2.45, 2.75) is 6.92 Å². The van der Waals surface area contributed by atoms with Crippen molar-refractivity contribution in [3.8, 4) is 0 Å². The van der Waals surface area contributed by atoms with Crippen molar-refractivity contribution < 1.29 is 9.53 Å². The zero-order valence-electron chi connectivity index (χ0n) is 7.64. The first-order valence-electron chi connectivity index (χ1n) is 3.33. The molecular weight excluding hydrogens is 160 g/mol. The molecule has 0 saturated carbocycles. The smallest absolute Gasteiger partial charge is 0.302 e. The maximum absolute atomic E-state index is 10.4. The molecule has 0 N–H and O–H groups in total. The molecule has 0 aliphatic carbocycles. The summed E-state index contributed by atoms with van der Waals surface area (Å²) in [5, 5.41) is 0. The van der Waals surface area contributed by atoms with Crippen molar-refractivity contribution in [2.75, 3.05) is 25.4 Å². The Bertz CT molecular complexity index is 167. The van der Waals surface area contributed by atoms with Crippen molar-refractivity contribution in [1.29, 1.82) is 0 Å². The predicted molar refractivity (Wildman–Crippen MR) is 51.1 cm³/mol. The number of ether oxygens (including phenoxy) is 1. The summed E-state index contributed by atoms with van der Waals surface area (Å²) in [7, 11) is -0.770. The Balaban J connectivity index is 3.80. The molecule has 0 aromatic rings. The van der Waals surface area contributed by atoms with Gasteiger partial charge in [0, 0.05) is 6.92 Å². The van der Waals surface area contributed by atoms with Gasteiger partial charge < -0.3 is 4.74 Å². The predicted octanol–water partition coefficient (Wildman–Crippen LogP) is 1.76. The number of carbonyl (C=O) groups is 1. The summed E-state index contributed by atoms with van der Waals surface area (Å²) in [6.07, 6.45) is 6.37. The Morgan fingerprint density at radius 2 is 1.91 bits per heavy atom. The molecule has 0 fully saturated rings. The van der Waals surface area contributed by atoms with Gasteiger partial charge in [-0.3, -0.25) is 4.79 Å². The van der Waals surface area contributed by atoms with Gasteiger partial charge in [0.25, 0.3) is 0 Å². The fraction of sp³-hybridized carbons (Fsp3) is 0.625. The molecule has 0 unspecified atom stereocenters. The first kappa shape index (κ1) is 10.6. The molecule has 11 heavy (non-hydrogen) atoms. The van der Waals surface area contributed by atoms with Gasteiger partial charge in [-0.15, -0.1) is 0 Å². The standard InChI is InChI=1S/C8H16O2S/c1-7(11(3,4)5)6-10-8(2)9/h1,6H2,2-5H3. The molecule has 0 spiro atoms. The molecular formula is C8H16O2S. The van der Waals surface area contributed by atoms with E-state index in [9.17, 15) is 4.79 Å². The highest BCUT2D eigenvalue weighted by Gasteiger charge is 2.09. The van der Waals surface area contributed by atoms with Crippen LogP contribution in [0.3, 0.4) is 0 Å². The molecule has 0 aliphatic heterocycles. The topological polar surface area (TPSA) is 26.3 Å². The van der Waals surface area contributed by atoms with E-state index in [2.05, 4.69) is 25.3 Å². The van der Waals surface area contributed by atoms with E-state index >= 15 is 0 Å². The molecule has 66 valence electrons. The fourth-order valence-corrected chi connectivity index (χ4v) is 0.771. The maximum Gasteiger partial charge on any atom is 0.302 e. The Morgan fingerprint density at radius 3 is 2.18 bits per heavy atom. The Hall–Kier alpha value is -0.440. The average Bonchev–Trinajstić information content (AvgIpc) is 1.80. The molecule has 0 bridgehead atoms. The number of rotatable bonds is 3. The van der Waals surface area contributed by atoms with E-state index in [1.54, 1.807) is 0 Å². The van der Waals surface area contributed by atoms with Gasteiger partial charge in [0.15, 0.2) is 0 Å². The van der Waals surface area contributed by atoms with E-state index in [1.807, 2.05) is 0 Å².